The van der Waals surface area contributed by atoms with Crippen LogP contribution in [0.2, 0.25) is 0 Å². The van der Waals surface area contributed by atoms with E-state index in [1.165, 1.54) is 12.0 Å². The van der Waals surface area contributed by atoms with Crippen LogP contribution in [0.5, 0.6) is 0 Å². The Kier molecular flexibility index (Phi) is 10.5. The number of aliphatic hydroxyl groups is 1. The van der Waals surface area contributed by atoms with E-state index in [4.69, 9.17) is 4.99 Å². The third kappa shape index (κ3) is 6.12. The van der Waals surface area contributed by atoms with Crippen molar-refractivity contribution in [1.82, 2.24) is 10.2 Å². The van der Waals surface area contributed by atoms with E-state index in [1.807, 2.05) is 0 Å². The van der Waals surface area contributed by atoms with Crippen molar-refractivity contribution >= 4 is 29.9 Å². The summed E-state index contributed by atoms with van der Waals surface area (Å²) in [5, 5.41) is 12.9. The molecule has 0 bridgehead atoms. The summed E-state index contributed by atoms with van der Waals surface area (Å²) in [5.41, 5.74) is 1.55. The van der Waals surface area contributed by atoms with Gasteiger partial charge in [-0.25, -0.2) is 0 Å². The predicted molar refractivity (Wildman–Crippen MR) is 121 cm³/mol. The molecule has 0 saturated carbocycles. The number of likely N-dealkylation sites (tertiary alicyclic amines) is 1. The number of guanidine groups is 1. The normalized spacial score (nSPS) is 17.9. The molecule has 1 fully saturated rings. The molecule has 0 spiro atoms. The molecule has 1 aliphatic heterocycles. The average molecular weight is 473 g/mol. The molecule has 1 aliphatic rings. The second-order valence-corrected chi connectivity index (χ2v) is 7.19. The van der Waals surface area contributed by atoms with E-state index in [-0.39, 0.29) is 36.0 Å². The summed E-state index contributed by atoms with van der Waals surface area (Å²) < 4.78 is 0. The van der Waals surface area contributed by atoms with Gasteiger partial charge in [0, 0.05) is 38.7 Å². The highest BCUT2D eigenvalue weighted by molar-refractivity contribution is 14.0. The van der Waals surface area contributed by atoms with Crippen LogP contribution in [-0.4, -0.2) is 48.8 Å². The summed E-state index contributed by atoms with van der Waals surface area (Å²) in [4.78, 5) is 7.38. The zero-order chi connectivity index (χ0) is 18.1. The maximum Gasteiger partial charge on any atom is 0.193 e. The molecule has 26 heavy (non-hydrogen) atoms. The zero-order valence-corrected chi connectivity index (χ0v) is 18.9. The molecule has 1 saturated heterocycles. The summed E-state index contributed by atoms with van der Waals surface area (Å²) in [6.45, 7) is 10.5. The van der Waals surface area contributed by atoms with Crippen molar-refractivity contribution in [2.45, 2.75) is 52.4 Å². The van der Waals surface area contributed by atoms with Gasteiger partial charge in [-0.05, 0) is 43.6 Å². The molecule has 1 aromatic carbocycles. The Bertz CT molecular complexity index is 531. The summed E-state index contributed by atoms with van der Waals surface area (Å²) in [6.07, 6.45) is 4.12. The van der Waals surface area contributed by atoms with Crippen molar-refractivity contribution in [2.24, 2.45) is 10.4 Å². The molecule has 4 nitrogen and oxygen atoms in total. The number of nitrogens with one attached hydrogen (secondary N) is 1. The maximum atomic E-state index is 9.43. The first-order valence-electron chi connectivity index (χ1n) is 9.87. The number of aliphatic imine (C=N–C) groups is 1. The minimum absolute atomic E-state index is 0. The third-order valence-electron chi connectivity index (χ3n) is 5.80. The Labute approximate surface area is 176 Å². The highest BCUT2D eigenvalue weighted by Gasteiger charge is 2.28. The van der Waals surface area contributed by atoms with Gasteiger partial charge < -0.3 is 15.3 Å². The van der Waals surface area contributed by atoms with Gasteiger partial charge in [-0.2, -0.15) is 0 Å². The molecule has 5 heteroatoms. The monoisotopic (exact) mass is 473 g/mol. The number of hydrogen-bond donors (Lipinski definition) is 2. The third-order valence-corrected chi connectivity index (χ3v) is 5.80. The fraction of sp³-hybridized carbons (Fsp3) is 0.667. The van der Waals surface area contributed by atoms with Gasteiger partial charge in [0.25, 0.3) is 0 Å². The fourth-order valence-corrected chi connectivity index (χ4v) is 3.76. The van der Waals surface area contributed by atoms with Crippen LogP contribution < -0.4 is 5.32 Å². The predicted octanol–water partition coefficient (Wildman–Crippen LogP) is 4.25. The lowest BCUT2D eigenvalue weighted by molar-refractivity contribution is 0.175. The lowest BCUT2D eigenvalue weighted by atomic mass is 9.79. The molecule has 0 aromatic heterocycles. The van der Waals surface area contributed by atoms with Crippen LogP contribution >= 0.6 is 24.0 Å². The summed E-state index contributed by atoms with van der Waals surface area (Å²) in [7, 11) is 0. The maximum absolute atomic E-state index is 9.43. The van der Waals surface area contributed by atoms with E-state index < -0.39 is 0 Å². The summed E-state index contributed by atoms with van der Waals surface area (Å²) in [5.74, 6) is 1.62. The second kappa shape index (κ2) is 11.8. The lowest BCUT2D eigenvalue weighted by Gasteiger charge is -2.30. The Morgan fingerprint density at radius 1 is 1.23 bits per heavy atom. The first-order chi connectivity index (χ1) is 12.2. The van der Waals surface area contributed by atoms with E-state index in [9.17, 15) is 5.11 Å². The molecule has 0 amide bonds. The summed E-state index contributed by atoms with van der Waals surface area (Å²) in [6, 6.07) is 10.8. The van der Waals surface area contributed by atoms with E-state index in [2.05, 4.69) is 61.3 Å². The largest absolute Gasteiger partial charge is 0.396 e. The first-order valence-corrected chi connectivity index (χ1v) is 9.87. The van der Waals surface area contributed by atoms with Crippen LogP contribution in [0.15, 0.2) is 35.3 Å². The van der Waals surface area contributed by atoms with Crippen molar-refractivity contribution in [3.8, 4) is 0 Å². The van der Waals surface area contributed by atoms with Crippen molar-refractivity contribution in [3.05, 3.63) is 35.9 Å². The van der Waals surface area contributed by atoms with E-state index in [1.54, 1.807) is 0 Å². The summed E-state index contributed by atoms with van der Waals surface area (Å²) >= 11 is 0. The van der Waals surface area contributed by atoms with Crippen LogP contribution in [0.3, 0.4) is 0 Å². The van der Waals surface area contributed by atoms with Crippen molar-refractivity contribution < 1.29 is 5.11 Å². The standard InChI is InChI=1S/C21H35N3O.HI/c1-4-21(5-2,13-15-25)17-23-20(22-6-3)24-14-12-19(16-24)18-10-8-7-9-11-18;/h7-11,19,25H,4-6,12-17H2,1-3H3,(H,22,23);1H. The molecule has 0 aliphatic carbocycles. The second-order valence-electron chi connectivity index (χ2n) is 7.19. The van der Waals surface area contributed by atoms with Gasteiger partial charge in [0.15, 0.2) is 5.96 Å². The van der Waals surface area contributed by atoms with Crippen LogP contribution in [0.1, 0.15) is 57.9 Å². The fourth-order valence-electron chi connectivity index (χ4n) is 3.76. The van der Waals surface area contributed by atoms with Crippen LogP contribution in [-0.2, 0) is 0 Å². The molecule has 1 atom stereocenters. The van der Waals surface area contributed by atoms with Crippen LogP contribution in [0.4, 0.5) is 0 Å². The number of benzene rings is 1. The Hall–Kier alpha value is -0.820. The zero-order valence-electron chi connectivity index (χ0n) is 16.6. The number of halogens is 1. The SMILES string of the molecule is CCNC(=NCC(CC)(CC)CCO)N1CCC(c2ccccc2)C1.I. The molecule has 1 aromatic rings. The average Bonchev–Trinajstić information content (AvgIpc) is 3.15. The number of aliphatic hydroxyl groups excluding tert-OH is 1. The molecule has 0 radical (unpaired) electrons. The van der Waals surface area contributed by atoms with Gasteiger partial charge in [0.05, 0.1) is 0 Å². The Morgan fingerprint density at radius 2 is 1.92 bits per heavy atom. The highest BCUT2D eigenvalue weighted by Crippen LogP contribution is 2.31. The smallest absolute Gasteiger partial charge is 0.193 e. The van der Waals surface area contributed by atoms with E-state index in [0.717, 1.165) is 51.4 Å². The molecule has 148 valence electrons. The number of hydrogen-bond acceptors (Lipinski definition) is 2. The molecular weight excluding hydrogens is 437 g/mol. The molecule has 1 heterocycles. The number of rotatable bonds is 8. The van der Waals surface area contributed by atoms with Gasteiger partial charge in [-0.3, -0.25) is 4.99 Å². The Balaban J connectivity index is 0.00000338. The lowest BCUT2D eigenvalue weighted by Crippen LogP contribution is -2.41. The van der Waals surface area contributed by atoms with Gasteiger partial charge in [0.2, 0.25) is 0 Å². The van der Waals surface area contributed by atoms with Crippen molar-refractivity contribution in [3.63, 3.8) is 0 Å². The minimum Gasteiger partial charge on any atom is -0.396 e. The minimum atomic E-state index is 0. The Morgan fingerprint density at radius 3 is 2.50 bits per heavy atom. The number of nitrogens with zero attached hydrogens (tertiary/aromatic N) is 2. The van der Waals surface area contributed by atoms with E-state index >= 15 is 0 Å². The molecule has 2 rings (SSSR count). The first kappa shape index (κ1) is 23.2. The topological polar surface area (TPSA) is 47.9 Å². The van der Waals surface area contributed by atoms with E-state index in [0.29, 0.717) is 5.92 Å². The van der Waals surface area contributed by atoms with Crippen molar-refractivity contribution in [1.29, 1.82) is 0 Å². The van der Waals surface area contributed by atoms with Crippen LogP contribution in [0.25, 0.3) is 0 Å². The molecular formula is C21H36IN3O. The quantitative estimate of drug-likeness (QED) is 0.337. The molecule has 2 N–H and O–H groups in total. The van der Waals surface area contributed by atoms with Gasteiger partial charge >= 0.3 is 0 Å². The van der Waals surface area contributed by atoms with Gasteiger partial charge in [0.1, 0.15) is 0 Å². The highest BCUT2D eigenvalue weighted by atomic mass is 127. The van der Waals surface area contributed by atoms with Gasteiger partial charge in [-0.15, -0.1) is 24.0 Å². The van der Waals surface area contributed by atoms with Crippen LogP contribution in [0, 0.1) is 5.41 Å². The van der Waals surface area contributed by atoms with Crippen molar-refractivity contribution in [2.75, 3.05) is 32.8 Å². The molecule has 1 unspecified atom stereocenters. The van der Waals surface area contributed by atoms with Gasteiger partial charge in [-0.1, -0.05) is 44.2 Å².